The number of carboxylic acid groups (broad SMARTS) is 1. The zero-order chi connectivity index (χ0) is 12.1. The molecule has 92 valence electrons. The molecule has 2 amide bonds. The molecule has 0 aromatic heterocycles. The van der Waals surface area contributed by atoms with Crippen LogP contribution in [0.4, 0.5) is 4.79 Å². The van der Waals surface area contributed by atoms with E-state index in [9.17, 15) is 9.59 Å². The predicted molar refractivity (Wildman–Crippen MR) is 60.5 cm³/mol. The number of nitrogens with one attached hydrogen (secondary N) is 1. The highest BCUT2D eigenvalue weighted by Crippen LogP contribution is 2.17. The van der Waals surface area contributed by atoms with Crippen LogP contribution in [-0.4, -0.2) is 63.9 Å². The van der Waals surface area contributed by atoms with Gasteiger partial charge in [0, 0.05) is 24.1 Å². The second-order valence-corrected chi connectivity index (χ2v) is 5.20. The molecule has 7 heteroatoms. The summed E-state index contributed by atoms with van der Waals surface area (Å²) in [5.74, 6) is -0.374. The van der Waals surface area contributed by atoms with E-state index >= 15 is 0 Å². The van der Waals surface area contributed by atoms with Crippen molar-refractivity contribution >= 4 is 23.8 Å². The van der Waals surface area contributed by atoms with E-state index in [2.05, 4.69) is 5.32 Å². The summed E-state index contributed by atoms with van der Waals surface area (Å²) in [6, 6.07) is -1.65. The Hall–Kier alpha value is -0.950. The van der Waals surface area contributed by atoms with Gasteiger partial charge >= 0.3 is 12.0 Å². The van der Waals surface area contributed by atoms with Crippen LogP contribution < -0.4 is 5.32 Å². The average molecular weight is 248 g/mol. The van der Waals surface area contributed by atoms with E-state index in [1.54, 1.807) is 16.7 Å². The quantitative estimate of drug-likeness (QED) is 0.631. The van der Waals surface area contributed by atoms with Gasteiger partial charge in [-0.15, -0.1) is 0 Å². The first kappa shape index (κ1) is 13.1. The molecular formula is C9H16N2O4S. The van der Waals surface area contributed by atoms with Gasteiger partial charge in [-0.25, -0.2) is 9.59 Å². The summed E-state index contributed by atoms with van der Waals surface area (Å²) in [5, 5.41) is 20.1. The Morgan fingerprint density at radius 1 is 1.62 bits per heavy atom. The molecule has 1 fully saturated rings. The predicted octanol–water partition coefficient (Wildman–Crippen LogP) is -0.421. The van der Waals surface area contributed by atoms with E-state index < -0.39 is 24.6 Å². The first-order chi connectivity index (χ1) is 7.54. The zero-order valence-electron chi connectivity index (χ0n) is 9.05. The Morgan fingerprint density at radius 3 is 2.81 bits per heavy atom. The number of hydrogen-bond donors (Lipinski definition) is 3. The maximum atomic E-state index is 11.6. The lowest BCUT2D eigenvalue weighted by Crippen LogP contribution is -2.52. The van der Waals surface area contributed by atoms with E-state index in [4.69, 9.17) is 10.2 Å². The molecule has 1 unspecified atom stereocenters. The van der Waals surface area contributed by atoms with Gasteiger partial charge in [-0.3, -0.25) is 0 Å². The maximum Gasteiger partial charge on any atom is 0.328 e. The standard InChI is InChI=1S/C9H16N2O4S/c1-6-4-11(2-3-16-6)9(15)10-7(5-12)8(13)14/h6-7,12H,2-5H2,1H3,(H,10,15)(H,13,14)/t6?,7-/m0/s1. The fourth-order valence-corrected chi connectivity index (χ4v) is 2.44. The number of aliphatic hydroxyl groups excluding tert-OH is 1. The molecule has 0 aromatic rings. The monoisotopic (exact) mass is 248 g/mol. The molecule has 1 aliphatic rings. The van der Waals surface area contributed by atoms with Crippen molar-refractivity contribution in [3.8, 4) is 0 Å². The summed E-state index contributed by atoms with van der Waals surface area (Å²) in [6.45, 7) is 2.64. The van der Waals surface area contributed by atoms with Crippen LogP contribution in [0.5, 0.6) is 0 Å². The average Bonchev–Trinajstić information content (AvgIpc) is 2.25. The number of amides is 2. The van der Waals surface area contributed by atoms with Crippen LogP contribution in [-0.2, 0) is 4.79 Å². The molecule has 0 radical (unpaired) electrons. The lowest BCUT2D eigenvalue weighted by molar-refractivity contribution is -0.140. The molecule has 16 heavy (non-hydrogen) atoms. The van der Waals surface area contributed by atoms with Gasteiger partial charge in [0.25, 0.3) is 0 Å². The molecule has 1 rings (SSSR count). The van der Waals surface area contributed by atoms with Crippen LogP contribution in [0, 0.1) is 0 Å². The number of hydrogen-bond acceptors (Lipinski definition) is 4. The van der Waals surface area contributed by atoms with Crippen molar-refractivity contribution in [1.29, 1.82) is 0 Å². The molecule has 1 saturated heterocycles. The van der Waals surface area contributed by atoms with Crippen molar-refractivity contribution in [2.24, 2.45) is 0 Å². The summed E-state index contributed by atoms with van der Waals surface area (Å²) in [4.78, 5) is 23.8. The third kappa shape index (κ3) is 3.57. The number of nitrogens with zero attached hydrogens (tertiary/aromatic N) is 1. The van der Waals surface area contributed by atoms with Crippen molar-refractivity contribution in [2.75, 3.05) is 25.4 Å². The second-order valence-electron chi connectivity index (χ2n) is 3.65. The van der Waals surface area contributed by atoms with E-state index in [1.165, 1.54) is 0 Å². The normalized spacial score (nSPS) is 22.6. The molecule has 1 aliphatic heterocycles. The van der Waals surface area contributed by atoms with E-state index in [0.29, 0.717) is 18.3 Å². The number of carbonyl (C=O) groups excluding carboxylic acids is 1. The maximum absolute atomic E-state index is 11.6. The van der Waals surface area contributed by atoms with Gasteiger partial charge in [0.2, 0.25) is 0 Å². The molecule has 0 aliphatic carbocycles. The number of urea groups is 1. The van der Waals surface area contributed by atoms with Crippen molar-refractivity contribution in [3.05, 3.63) is 0 Å². The number of carbonyl (C=O) groups is 2. The third-order valence-electron chi connectivity index (χ3n) is 2.31. The van der Waals surface area contributed by atoms with Gasteiger partial charge < -0.3 is 20.4 Å². The molecule has 0 saturated carbocycles. The topological polar surface area (TPSA) is 89.9 Å². The molecule has 3 N–H and O–H groups in total. The highest BCUT2D eigenvalue weighted by molar-refractivity contribution is 7.99. The van der Waals surface area contributed by atoms with E-state index in [0.717, 1.165) is 5.75 Å². The van der Waals surface area contributed by atoms with Gasteiger partial charge in [-0.1, -0.05) is 6.92 Å². The van der Waals surface area contributed by atoms with Crippen LogP contribution in [0.3, 0.4) is 0 Å². The van der Waals surface area contributed by atoms with Gasteiger partial charge in [0.05, 0.1) is 6.61 Å². The van der Waals surface area contributed by atoms with Crippen LogP contribution in [0.15, 0.2) is 0 Å². The van der Waals surface area contributed by atoms with E-state index in [1.807, 2.05) is 6.92 Å². The number of rotatable bonds is 3. The minimum atomic E-state index is -1.23. The first-order valence-electron chi connectivity index (χ1n) is 5.05. The van der Waals surface area contributed by atoms with Crippen molar-refractivity contribution in [3.63, 3.8) is 0 Å². The number of carboxylic acids is 1. The molecule has 0 aromatic carbocycles. The van der Waals surface area contributed by atoms with Gasteiger partial charge in [-0.05, 0) is 0 Å². The summed E-state index contributed by atoms with van der Waals surface area (Å²) in [7, 11) is 0. The Balaban J connectivity index is 2.47. The molecule has 2 atom stereocenters. The summed E-state index contributed by atoms with van der Waals surface area (Å²) < 4.78 is 0. The van der Waals surface area contributed by atoms with Crippen LogP contribution >= 0.6 is 11.8 Å². The Morgan fingerprint density at radius 2 is 2.31 bits per heavy atom. The summed E-state index contributed by atoms with van der Waals surface area (Å²) >= 11 is 1.78. The molecule has 1 heterocycles. The minimum absolute atomic E-state index is 0.358. The molecule has 0 spiro atoms. The van der Waals surface area contributed by atoms with Crippen molar-refractivity contribution in [1.82, 2.24) is 10.2 Å². The van der Waals surface area contributed by atoms with Crippen LogP contribution in [0.25, 0.3) is 0 Å². The van der Waals surface area contributed by atoms with Gasteiger partial charge in [0.1, 0.15) is 0 Å². The number of thioether (sulfide) groups is 1. The smallest absolute Gasteiger partial charge is 0.328 e. The second kappa shape index (κ2) is 5.95. The first-order valence-corrected chi connectivity index (χ1v) is 6.10. The molecular weight excluding hydrogens is 232 g/mol. The fraction of sp³-hybridized carbons (Fsp3) is 0.778. The van der Waals surface area contributed by atoms with Gasteiger partial charge in [0.15, 0.2) is 6.04 Å². The zero-order valence-corrected chi connectivity index (χ0v) is 9.87. The third-order valence-corrected chi connectivity index (χ3v) is 3.44. The SMILES string of the molecule is CC1CN(C(=O)N[C@@H](CO)C(=O)O)CCS1. The highest BCUT2D eigenvalue weighted by Gasteiger charge is 2.25. The summed E-state index contributed by atoms with van der Waals surface area (Å²) in [5.41, 5.74) is 0. The number of aliphatic hydroxyl groups is 1. The molecule has 6 nitrogen and oxygen atoms in total. The van der Waals surface area contributed by atoms with Crippen molar-refractivity contribution in [2.45, 2.75) is 18.2 Å². The lowest BCUT2D eigenvalue weighted by atomic mass is 10.3. The lowest BCUT2D eigenvalue weighted by Gasteiger charge is -2.31. The highest BCUT2D eigenvalue weighted by atomic mass is 32.2. The van der Waals surface area contributed by atoms with Crippen LogP contribution in [0.1, 0.15) is 6.92 Å². The fourth-order valence-electron chi connectivity index (χ4n) is 1.43. The molecule has 0 bridgehead atoms. The van der Waals surface area contributed by atoms with E-state index in [-0.39, 0.29) is 0 Å². The van der Waals surface area contributed by atoms with Crippen molar-refractivity contribution < 1.29 is 19.8 Å². The Labute approximate surface area is 98.0 Å². The van der Waals surface area contributed by atoms with Gasteiger partial charge in [-0.2, -0.15) is 11.8 Å². The summed E-state index contributed by atoms with van der Waals surface area (Å²) in [6.07, 6.45) is 0. The number of aliphatic carboxylic acids is 1. The minimum Gasteiger partial charge on any atom is -0.480 e. The van der Waals surface area contributed by atoms with Crippen LogP contribution in [0.2, 0.25) is 0 Å². The largest absolute Gasteiger partial charge is 0.480 e. The Kier molecular flexibility index (Phi) is 4.88. The Bertz CT molecular complexity index is 274.